The van der Waals surface area contributed by atoms with E-state index in [0.717, 1.165) is 38.1 Å². The molecule has 0 aliphatic carbocycles. The van der Waals surface area contributed by atoms with Gasteiger partial charge in [0.15, 0.2) is 11.5 Å². The van der Waals surface area contributed by atoms with Crippen molar-refractivity contribution in [3.8, 4) is 33.2 Å². The Morgan fingerprint density at radius 1 is 0.872 bits per heavy atom. The molecule has 7 rings (SSSR count). The predicted octanol–water partition coefficient (Wildman–Crippen LogP) is 6.47. The molecule has 0 saturated carbocycles. The highest BCUT2D eigenvalue weighted by atomic mass is 32.1. The zero-order valence-electron chi connectivity index (χ0n) is 20.6. The number of H-pyrrole nitrogens is 2. The van der Waals surface area contributed by atoms with Crippen LogP contribution in [0.15, 0.2) is 96.6 Å². The summed E-state index contributed by atoms with van der Waals surface area (Å²) in [4.78, 5) is 31.3. The van der Waals surface area contributed by atoms with Crippen LogP contribution in [-0.2, 0) is 11.2 Å². The summed E-state index contributed by atoms with van der Waals surface area (Å²) in [5.74, 6) is 0.539. The van der Waals surface area contributed by atoms with E-state index in [1.807, 2.05) is 66.7 Å². The molecular weight excluding hydrogens is 506 g/mol. The molecule has 188 valence electrons. The smallest absolute Gasteiger partial charge is 0.228 e. The SMILES string of the molecule is O=C(Cc1ccccc1)Nc1cncc(-c2ccc3[nH]nc(-c4nc5c(-c6cccs6)cccc5[nH]4)c3n2)c1. The largest absolute Gasteiger partial charge is 0.336 e. The van der Waals surface area contributed by atoms with E-state index in [9.17, 15) is 4.79 Å². The fraction of sp³-hybridized carbons (Fsp3) is 0.0333. The number of para-hydroxylation sites is 1. The number of hydrogen-bond donors (Lipinski definition) is 3. The summed E-state index contributed by atoms with van der Waals surface area (Å²) in [5, 5.41) is 12.6. The molecule has 0 unspecified atom stereocenters. The molecule has 8 nitrogen and oxygen atoms in total. The molecule has 0 aliphatic rings. The normalized spacial score (nSPS) is 11.3. The highest BCUT2D eigenvalue weighted by Gasteiger charge is 2.17. The molecule has 0 fully saturated rings. The third-order valence-electron chi connectivity index (χ3n) is 6.46. The minimum absolute atomic E-state index is 0.104. The number of imidazole rings is 1. The van der Waals surface area contributed by atoms with Crippen LogP contribution >= 0.6 is 11.3 Å². The number of rotatable bonds is 6. The van der Waals surface area contributed by atoms with Gasteiger partial charge in [0.05, 0.1) is 40.5 Å². The number of amides is 1. The molecule has 0 spiro atoms. The van der Waals surface area contributed by atoms with Gasteiger partial charge < -0.3 is 10.3 Å². The molecule has 5 aromatic heterocycles. The molecule has 5 heterocycles. The molecule has 1 amide bonds. The van der Waals surface area contributed by atoms with E-state index in [4.69, 9.17) is 9.97 Å². The number of nitrogens with zero attached hydrogens (tertiary/aromatic N) is 4. The van der Waals surface area contributed by atoms with E-state index in [0.29, 0.717) is 34.8 Å². The average molecular weight is 528 g/mol. The zero-order valence-corrected chi connectivity index (χ0v) is 21.4. The first-order chi connectivity index (χ1) is 19.2. The fourth-order valence-corrected chi connectivity index (χ4v) is 5.39. The number of aromatic amines is 2. The molecule has 39 heavy (non-hydrogen) atoms. The van der Waals surface area contributed by atoms with Crippen molar-refractivity contribution >= 4 is 45.0 Å². The van der Waals surface area contributed by atoms with Gasteiger partial charge in [0.2, 0.25) is 5.91 Å². The van der Waals surface area contributed by atoms with E-state index < -0.39 is 0 Å². The van der Waals surface area contributed by atoms with Gasteiger partial charge in [-0.25, -0.2) is 9.97 Å². The average Bonchev–Trinajstić information content (AvgIpc) is 3.73. The quantitative estimate of drug-likeness (QED) is 0.229. The molecule has 2 aromatic carbocycles. The maximum absolute atomic E-state index is 12.6. The van der Waals surface area contributed by atoms with Crippen LogP contribution in [0.1, 0.15) is 5.56 Å². The second kappa shape index (κ2) is 9.62. The van der Waals surface area contributed by atoms with Gasteiger partial charge >= 0.3 is 0 Å². The molecule has 0 saturated heterocycles. The summed E-state index contributed by atoms with van der Waals surface area (Å²) in [5.41, 5.74) is 8.11. The molecule has 7 aromatic rings. The number of carbonyl (C=O) groups is 1. The van der Waals surface area contributed by atoms with E-state index >= 15 is 0 Å². The van der Waals surface area contributed by atoms with E-state index in [-0.39, 0.29) is 5.91 Å². The standard InChI is InChI=1S/C30H21N7OS/c38-26(14-18-6-2-1-3-7-18)32-20-15-19(16-31-17-20)22-11-12-24-28(33-22)29(37-36-24)30-34-23-9-4-8-21(27(23)35-30)25-10-5-13-39-25/h1-13,15-17H,14H2,(H,32,38)(H,34,35)(H,36,37). The molecule has 0 bridgehead atoms. The third-order valence-corrected chi connectivity index (χ3v) is 7.36. The lowest BCUT2D eigenvalue weighted by molar-refractivity contribution is -0.115. The Morgan fingerprint density at radius 2 is 1.79 bits per heavy atom. The Kier molecular flexibility index (Phi) is 5.68. The third kappa shape index (κ3) is 4.45. The topological polar surface area (TPSA) is 112 Å². The van der Waals surface area contributed by atoms with Crippen LogP contribution < -0.4 is 5.32 Å². The lowest BCUT2D eigenvalue weighted by atomic mass is 10.1. The Morgan fingerprint density at radius 3 is 2.67 bits per heavy atom. The van der Waals surface area contributed by atoms with Crippen LogP contribution in [0.4, 0.5) is 5.69 Å². The second-order valence-electron chi connectivity index (χ2n) is 9.10. The minimum Gasteiger partial charge on any atom is -0.336 e. The van der Waals surface area contributed by atoms with Crippen LogP contribution in [0, 0.1) is 0 Å². The number of nitrogens with one attached hydrogen (secondary N) is 3. The van der Waals surface area contributed by atoms with Gasteiger partial charge in [-0.05, 0) is 41.3 Å². The van der Waals surface area contributed by atoms with Crippen LogP contribution in [0.25, 0.3) is 55.3 Å². The van der Waals surface area contributed by atoms with Crippen molar-refractivity contribution in [2.24, 2.45) is 0 Å². The van der Waals surface area contributed by atoms with Crippen LogP contribution in [-0.4, -0.2) is 36.0 Å². The monoisotopic (exact) mass is 527 g/mol. The minimum atomic E-state index is -0.104. The first-order valence-corrected chi connectivity index (χ1v) is 13.3. The summed E-state index contributed by atoms with van der Waals surface area (Å²) < 4.78 is 0. The summed E-state index contributed by atoms with van der Waals surface area (Å²) in [6.45, 7) is 0. The van der Waals surface area contributed by atoms with E-state index in [1.165, 1.54) is 0 Å². The predicted molar refractivity (Wildman–Crippen MR) is 154 cm³/mol. The number of benzene rings is 2. The molecule has 0 atom stereocenters. The van der Waals surface area contributed by atoms with Crippen LogP contribution in [0.3, 0.4) is 0 Å². The molecule has 0 aliphatic heterocycles. The maximum Gasteiger partial charge on any atom is 0.228 e. The molecular formula is C30H21N7OS. The second-order valence-corrected chi connectivity index (χ2v) is 10.0. The van der Waals surface area contributed by atoms with Gasteiger partial charge in [-0.1, -0.05) is 48.5 Å². The van der Waals surface area contributed by atoms with Crippen molar-refractivity contribution in [1.82, 2.24) is 30.1 Å². The van der Waals surface area contributed by atoms with Crippen LogP contribution in [0.2, 0.25) is 0 Å². The summed E-state index contributed by atoms with van der Waals surface area (Å²) in [6, 6.07) is 25.6. The summed E-state index contributed by atoms with van der Waals surface area (Å²) in [7, 11) is 0. The van der Waals surface area contributed by atoms with Gasteiger partial charge in [0.25, 0.3) is 0 Å². The van der Waals surface area contributed by atoms with Crippen molar-refractivity contribution in [2.45, 2.75) is 6.42 Å². The number of fused-ring (bicyclic) bond motifs is 2. The van der Waals surface area contributed by atoms with Crippen molar-refractivity contribution in [1.29, 1.82) is 0 Å². The lowest BCUT2D eigenvalue weighted by Crippen LogP contribution is -2.14. The van der Waals surface area contributed by atoms with E-state index in [1.54, 1.807) is 23.7 Å². The van der Waals surface area contributed by atoms with Gasteiger partial charge in [0.1, 0.15) is 5.52 Å². The zero-order chi connectivity index (χ0) is 26.2. The number of hydrogen-bond acceptors (Lipinski definition) is 6. The Bertz CT molecular complexity index is 1940. The Hall–Kier alpha value is -5.15. The maximum atomic E-state index is 12.6. The highest BCUT2D eigenvalue weighted by molar-refractivity contribution is 7.13. The van der Waals surface area contributed by atoms with Crippen molar-refractivity contribution in [2.75, 3.05) is 5.32 Å². The van der Waals surface area contributed by atoms with Gasteiger partial charge in [-0.15, -0.1) is 11.3 Å². The number of thiophene rings is 1. The number of carbonyl (C=O) groups excluding carboxylic acids is 1. The van der Waals surface area contributed by atoms with Crippen molar-refractivity contribution in [3.05, 3.63) is 102 Å². The lowest BCUT2D eigenvalue weighted by Gasteiger charge is -2.07. The van der Waals surface area contributed by atoms with Gasteiger partial charge in [-0.3, -0.25) is 14.9 Å². The number of anilines is 1. The van der Waals surface area contributed by atoms with Crippen LogP contribution in [0.5, 0.6) is 0 Å². The Balaban J connectivity index is 1.21. The summed E-state index contributed by atoms with van der Waals surface area (Å²) in [6.07, 6.45) is 3.66. The first-order valence-electron chi connectivity index (χ1n) is 12.4. The highest BCUT2D eigenvalue weighted by Crippen LogP contribution is 2.33. The molecule has 0 radical (unpaired) electrons. The Labute approximate surface area is 226 Å². The van der Waals surface area contributed by atoms with Crippen molar-refractivity contribution < 1.29 is 4.79 Å². The van der Waals surface area contributed by atoms with Gasteiger partial charge in [0, 0.05) is 22.2 Å². The van der Waals surface area contributed by atoms with E-state index in [2.05, 4.69) is 43.0 Å². The molecule has 9 heteroatoms. The van der Waals surface area contributed by atoms with Gasteiger partial charge in [-0.2, -0.15) is 5.10 Å². The summed E-state index contributed by atoms with van der Waals surface area (Å²) >= 11 is 1.68. The molecule has 3 N–H and O–H groups in total. The number of aromatic nitrogens is 6. The first kappa shape index (κ1) is 23.0. The number of pyridine rings is 2. The van der Waals surface area contributed by atoms with Crippen molar-refractivity contribution in [3.63, 3.8) is 0 Å². The fourth-order valence-electron chi connectivity index (χ4n) is 4.63.